The van der Waals surface area contributed by atoms with E-state index in [1.807, 2.05) is 6.07 Å². The van der Waals surface area contributed by atoms with Gasteiger partial charge in [-0.05, 0) is 17.5 Å². The first-order valence-corrected chi connectivity index (χ1v) is 4.83. The number of nitrogens with zero attached hydrogens (tertiary/aromatic N) is 2. The standard InChI is InChI=1S/C12H8N2O3/c1-17-10-6-5-8-3-2-4-9(7-13)11(8)12(10)14(15)16/h2-6H,1H3. The van der Waals surface area contributed by atoms with Gasteiger partial charge in [0.1, 0.15) is 6.07 Å². The maximum atomic E-state index is 11.1. The molecule has 0 saturated carbocycles. The first-order chi connectivity index (χ1) is 8.19. The number of nitro benzene ring substituents is 1. The summed E-state index contributed by atoms with van der Waals surface area (Å²) in [7, 11) is 1.36. The van der Waals surface area contributed by atoms with Crippen LogP contribution in [-0.4, -0.2) is 12.0 Å². The Morgan fingerprint density at radius 1 is 1.35 bits per heavy atom. The number of ether oxygens (including phenoxy) is 1. The number of benzene rings is 2. The predicted octanol–water partition coefficient (Wildman–Crippen LogP) is 2.63. The van der Waals surface area contributed by atoms with E-state index in [2.05, 4.69) is 0 Å². The van der Waals surface area contributed by atoms with Crippen LogP contribution >= 0.6 is 0 Å². The third kappa shape index (κ3) is 1.66. The molecule has 5 heteroatoms. The highest BCUT2D eigenvalue weighted by Crippen LogP contribution is 2.36. The van der Waals surface area contributed by atoms with E-state index in [4.69, 9.17) is 10.00 Å². The van der Waals surface area contributed by atoms with Gasteiger partial charge < -0.3 is 4.74 Å². The van der Waals surface area contributed by atoms with Gasteiger partial charge in [-0.3, -0.25) is 10.1 Å². The Hall–Kier alpha value is -2.61. The van der Waals surface area contributed by atoms with Crippen molar-refractivity contribution in [3.05, 3.63) is 46.0 Å². The second kappa shape index (κ2) is 4.10. The van der Waals surface area contributed by atoms with E-state index in [0.29, 0.717) is 10.8 Å². The summed E-state index contributed by atoms with van der Waals surface area (Å²) in [4.78, 5) is 10.6. The Morgan fingerprint density at radius 3 is 2.71 bits per heavy atom. The van der Waals surface area contributed by atoms with Crippen molar-refractivity contribution in [2.24, 2.45) is 0 Å². The molecule has 0 atom stereocenters. The van der Waals surface area contributed by atoms with Gasteiger partial charge in [0.15, 0.2) is 5.75 Å². The maximum Gasteiger partial charge on any atom is 0.319 e. The summed E-state index contributed by atoms with van der Waals surface area (Å²) in [5.41, 5.74) is 0.107. The third-order valence-corrected chi connectivity index (χ3v) is 2.50. The predicted molar refractivity (Wildman–Crippen MR) is 61.9 cm³/mol. The molecule has 2 aromatic rings. The van der Waals surface area contributed by atoms with Gasteiger partial charge in [-0.25, -0.2) is 0 Å². The van der Waals surface area contributed by atoms with E-state index < -0.39 is 4.92 Å². The maximum absolute atomic E-state index is 11.1. The van der Waals surface area contributed by atoms with Gasteiger partial charge >= 0.3 is 5.69 Å². The molecule has 0 bridgehead atoms. The van der Waals surface area contributed by atoms with E-state index in [1.54, 1.807) is 24.3 Å². The van der Waals surface area contributed by atoms with E-state index >= 15 is 0 Å². The summed E-state index contributed by atoms with van der Waals surface area (Å²) in [5.74, 6) is 0.158. The summed E-state index contributed by atoms with van der Waals surface area (Å²) in [6.45, 7) is 0. The quantitative estimate of drug-likeness (QED) is 0.584. The van der Waals surface area contributed by atoms with Crippen molar-refractivity contribution in [2.45, 2.75) is 0 Å². The molecule has 5 nitrogen and oxygen atoms in total. The molecule has 2 aromatic carbocycles. The first-order valence-electron chi connectivity index (χ1n) is 4.83. The zero-order valence-corrected chi connectivity index (χ0v) is 9.01. The van der Waals surface area contributed by atoms with Crippen LogP contribution in [0, 0.1) is 21.4 Å². The lowest BCUT2D eigenvalue weighted by Crippen LogP contribution is -1.96. The molecule has 0 unspecified atom stereocenters. The fourth-order valence-electron chi connectivity index (χ4n) is 1.78. The third-order valence-electron chi connectivity index (χ3n) is 2.50. The Balaban J connectivity index is 2.98. The van der Waals surface area contributed by atoms with Crippen molar-refractivity contribution in [1.82, 2.24) is 0 Å². The lowest BCUT2D eigenvalue weighted by molar-refractivity contribution is -0.383. The second-order valence-electron chi connectivity index (χ2n) is 3.39. The van der Waals surface area contributed by atoms with Crippen molar-refractivity contribution in [2.75, 3.05) is 7.11 Å². The fourth-order valence-corrected chi connectivity index (χ4v) is 1.78. The Morgan fingerprint density at radius 2 is 2.12 bits per heavy atom. The monoisotopic (exact) mass is 228 g/mol. The highest BCUT2D eigenvalue weighted by molar-refractivity contribution is 5.97. The molecule has 0 aliphatic carbocycles. The molecule has 0 amide bonds. The van der Waals surface area contributed by atoms with Crippen molar-refractivity contribution in [1.29, 1.82) is 5.26 Å². The van der Waals surface area contributed by atoms with Crippen LogP contribution in [0.2, 0.25) is 0 Å². The Labute approximate surface area is 97.0 Å². The fraction of sp³-hybridized carbons (Fsp3) is 0.0833. The van der Waals surface area contributed by atoms with Crippen molar-refractivity contribution < 1.29 is 9.66 Å². The highest BCUT2D eigenvalue weighted by atomic mass is 16.6. The van der Waals surface area contributed by atoms with Crippen LogP contribution in [0.3, 0.4) is 0 Å². The van der Waals surface area contributed by atoms with E-state index in [-0.39, 0.29) is 17.0 Å². The molecule has 0 aromatic heterocycles. The van der Waals surface area contributed by atoms with Crippen LogP contribution in [0.15, 0.2) is 30.3 Å². The smallest absolute Gasteiger partial charge is 0.319 e. The van der Waals surface area contributed by atoms with Crippen molar-refractivity contribution in [3.8, 4) is 11.8 Å². The molecular formula is C12H8N2O3. The summed E-state index contributed by atoms with van der Waals surface area (Å²) < 4.78 is 4.96. The van der Waals surface area contributed by atoms with Gasteiger partial charge in [0.05, 0.1) is 23.0 Å². The lowest BCUT2D eigenvalue weighted by Gasteiger charge is -2.05. The molecular weight excluding hydrogens is 220 g/mol. The summed E-state index contributed by atoms with van der Waals surface area (Å²) in [6.07, 6.45) is 0. The number of hydrogen-bond acceptors (Lipinski definition) is 4. The number of fused-ring (bicyclic) bond motifs is 1. The van der Waals surface area contributed by atoms with Crippen LogP contribution in [0.5, 0.6) is 5.75 Å². The van der Waals surface area contributed by atoms with Crippen molar-refractivity contribution >= 4 is 16.5 Å². The van der Waals surface area contributed by atoms with Crippen LogP contribution in [-0.2, 0) is 0 Å². The zero-order chi connectivity index (χ0) is 12.4. The molecule has 17 heavy (non-hydrogen) atoms. The number of rotatable bonds is 2. The zero-order valence-electron chi connectivity index (χ0n) is 9.01. The number of hydrogen-bond donors (Lipinski definition) is 0. The molecule has 84 valence electrons. The average molecular weight is 228 g/mol. The summed E-state index contributed by atoms with van der Waals surface area (Å²) in [6, 6.07) is 10.1. The van der Waals surface area contributed by atoms with Gasteiger partial charge in [-0.15, -0.1) is 0 Å². The molecule has 0 saturated heterocycles. The van der Waals surface area contributed by atoms with Crippen LogP contribution in [0.1, 0.15) is 5.56 Å². The number of methoxy groups -OCH3 is 1. The molecule has 0 N–H and O–H groups in total. The average Bonchev–Trinajstić information content (AvgIpc) is 2.36. The van der Waals surface area contributed by atoms with Gasteiger partial charge in [0.25, 0.3) is 0 Å². The lowest BCUT2D eigenvalue weighted by atomic mass is 10.0. The first kappa shape index (κ1) is 10.9. The number of nitro groups is 1. The molecule has 0 fully saturated rings. The summed E-state index contributed by atoms with van der Waals surface area (Å²) >= 11 is 0. The largest absolute Gasteiger partial charge is 0.490 e. The number of nitriles is 1. The van der Waals surface area contributed by atoms with Crippen LogP contribution < -0.4 is 4.74 Å². The minimum absolute atomic E-state index is 0.158. The molecule has 0 radical (unpaired) electrons. The highest BCUT2D eigenvalue weighted by Gasteiger charge is 2.21. The normalized spacial score (nSPS) is 9.88. The van der Waals surface area contributed by atoms with Crippen LogP contribution in [0.25, 0.3) is 10.8 Å². The Kier molecular flexibility index (Phi) is 2.63. The molecule has 2 rings (SSSR count). The molecule has 0 aliphatic rings. The van der Waals surface area contributed by atoms with E-state index in [1.165, 1.54) is 13.2 Å². The van der Waals surface area contributed by atoms with Crippen molar-refractivity contribution in [3.63, 3.8) is 0 Å². The second-order valence-corrected chi connectivity index (χ2v) is 3.39. The van der Waals surface area contributed by atoms with Crippen LogP contribution in [0.4, 0.5) is 5.69 Å². The molecule has 0 heterocycles. The van der Waals surface area contributed by atoms with Gasteiger partial charge in [-0.1, -0.05) is 18.2 Å². The van der Waals surface area contributed by atoms with Gasteiger partial charge in [-0.2, -0.15) is 5.26 Å². The minimum Gasteiger partial charge on any atom is -0.490 e. The SMILES string of the molecule is COc1ccc2cccc(C#N)c2c1[N+](=O)[O-]. The molecule has 0 spiro atoms. The van der Waals surface area contributed by atoms with E-state index in [9.17, 15) is 10.1 Å². The topological polar surface area (TPSA) is 76.2 Å². The minimum atomic E-state index is -0.526. The van der Waals surface area contributed by atoms with Gasteiger partial charge in [0, 0.05) is 0 Å². The summed E-state index contributed by atoms with van der Waals surface area (Å²) in [5, 5.41) is 21.0. The molecule has 0 aliphatic heterocycles. The van der Waals surface area contributed by atoms with Gasteiger partial charge in [0.2, 0.25) is 0 Å². The van der Waals surface area contributed by atoms with E-state index in [0.717, 1.165) is 0 Å². The Bertz CT molecular complexity index is 644.